The highest BCUT2D eigenvalue weighted by Crippen LogP contribution is 2.34. The molecule has 312 valence electrons. The summed E-state index contributed by atoms with van der Waals surface area (Å²) < 4.78 is 3.41. The summed E-state index contributed by atoms with van der Waals surface area (Å²) in [7, 11) is 3.56. The monoisotopic (exact) mass is 878 g/mol. The van der Waals surface area contributed by atoms with Crippen LogP contribution in [0.4, 0.5) is 0 Å². The van der Waals surface area contributed by atoms with Gasteiger partial charge < -0.3 is 19.1 Å². The second-order valence-electron chi connectivity index (χ2n) is 15.0. The van der Waals surface area contributed by atoms with Crippen LogP contribution < -0.4 is 11.1 Å². The molecule has 0 amide bonds. The van der Waals surface area contributed by atoms with Gasteiger partial charge in [0.05, 0.1) is 38.7 Å². The summed E-state index contributed by atoms with van der Waals surface area (Å²) in [5, 5.41) is 2.51. The fourth-order valence-electron chi connectivity index (χ4n) is 7.89. The van der Waals surface area contributed by atoms with Gasteiger partial charge in [0.2, 0.25) is 0 Å². The summed E-state index contributed by atoms with van der Waals surface area (Å²) in [5.41, 5.74) is 6.85. The quantitative estimate of drug-likeness (QED) is 0.115. The molecular weight excluding hydrogens is 844 g/mol. The number of aryl methyl sites for hydroxylation is 2. The minimum atomic E-state index is -0.451. The lowest BCUT2D eigenvalue weighted by Crippen LogP contribution is -2.25. The Kier molecular flexibility index (Phi) is 11.3. The average Bonchev–Trinajstić information content (AvgIpc) is 3.88. The number of rotatable bonds is 8. The Hall–Kier alpha value is -7.92. The molecule has 0 aliphatic rings. The molecular formula is C52H36Cl2N6O4. The van der Waals surface area contributed by atoms with E-state index in [1.54, 1.807) is 55.6 Å². The number of carbonyl (C=O) groups is 2. The molecule has 0 atom stereocenters. The number of aromatic nitrogens is 6. The second kappa shape index (κ2) is 17.5. The molecule has 4 aromatic heterocycles. The zero-order chi connectivity index (χ0) is 44.5. The highest BCUT2D eigenvalue weighted by molar-refractivity contribution is 6.32. The van der Waals surface area contributed by atoms with Crippen molar-refractivity contribution in [2.24, 2.45) is 14.1 Å². The van der Waals surface area contributed by atoms with Gasteiger partial charge in [0.15, 0.2) is 11.6 Å². The summed E-state index contributed by atoms with van der Waals surface area (Å²) in [6, 6.07) is 44.7. The zero-order valence-corrected chi connectivity index (χ0v) is 35.9. The van der Waals surface area contributed by atoms with E-state index in [1.807, 2.05) is 121 Å². The molecule has 0 spiro atoms. The van der Waals surface area contributed by atoms with E-state index in [1.165, 1.54) is 16.7 Å². The van der Waals surface area contributed by atoms with Crippen molar-refractivity contribution in [1.82, 2.24) is 29.1 Å². The smallest absolute Gasteiger partial charge is 0.262 e. The molecule has 4 heterocycles. The molecule has 0 saturated heterocycles. The van der Waals surface area contributed by atoms with E-state index in [2.05, 4.69) is 19.9 Å². The number of fused-ring (bicyclic) bond motifs is 4. The third-order valence-corrected chi connectivity index (χ3v) is 11.4. The number of nitrogens with zero attached hydrogens (tertiary/aromatic N) is 4. The first-order valence-corrected chi connectivity index (χ1v) is 20.9. The molecule has 12 heteroatoms. The van der Waals surface area contributed by atoms with Gasteiger partial charge in [0.25, 0.3) is 11.1 Å². The zero-order valence-electron chi connectivity index (χ0n) is 34.3. The first-order chi connectivity index (χ1) is 31.0. The Labute approximate surface area is 375 Å². The Morgan fingerprint density at radius 3 is 1.81 bits per heavy atom. The van der Waals surface area contributed by atoms with Gasteiger partial charge in [-0.3, -0.25) is 19.2 Å². The molecule has 0 unspecified atom stereocenters. The van der Waals surface area contributed by atoms with Crippen LogP contribution in [0.2, 0.25) is 10.0 Å². The summed E-state index contributed by atoms with van der Waals surface area (Å²) in [6.07, 6.45) is 6.02. The van der Waals surface area contributed by atoms with E-state index in [9.17, 15) is 19.2 Å². The third kappa shape index (κ3) is 7.99. The highest BCUT2D eigenvalue weighted by atomic mass is 35.5. The first kappa shape index (κ1) is 41.4. The molecule has 0 aliphatic carbocycles. The highest BCUT2D eigenvalue weighted by Gasteiger charge is 2.22. The molecule has 10 nitrogen and oxygen atoms in total. The van der Waals surface area contributed by atoms with E-state index in [-0.39, 0.29) is 22.5 Å². The van der Waals surface area contributed by atoms with Crippen LogP contribution in [-0.2, 0) is 14.1 Å². The lowest BCUT2D eigenvalue weighted by Gasteiger charge is -2.15. The van der Waals surface area contributed by atoms with Crippen LogP contribution in [0.15, 0.2) is 167 Å². The van der Waals surface area contributed by atoms with Gasteiger partial charge in [-0.1, -0.05) is 108 Å². The summed E-state index contributed by atoms with van der Waals surface area (Å²) in [4.78, 5) is 68.0. The Morgan fingerprint density at radius 2 is 1.12 bits per heavy atom. The van der Waals surface area contributed by atoms with Crippen molar-refractivity contribution in [2.45, 2.75) is 0 Å². The number of hydrogen-bond donors (Lipinski definition) is 2. The number of hydrogen-bond acceptors (Lipinski definition) is 6. The van der Waals surface area contributed by atoms with Gasteiger partial charge in [-0.25, -0.2) is 9.97 Å². The van der Waals surface area contributed by atoms with Crippen molar-refractivity contribution in [2.75, 3.05) is 0 Å². The van der Waals surface area contributed by atoms with Crippen molar-refractivity contribution in [3.05, 3.63) is 211 Å². The number of pyridine rings is 2. The molecule has 0 bridgehead atoms. The average molecular weight is 880 g/mol. The standard InChI is InChI=1S/C27H20ClN3O2.C25H16ClN3O2/c1-30-22-11-7-6-10-20(22)29-24(30)15-14-23(32)26-25(17-8-4-3-5-9-17)19-16-18(28)12-13-21(19)31(2)27(26)33;26-16-10-11-18-17(14-16)23(15-6-2-1-3-7-15)24(25(31)29-18)21(30)12-13-22-27-19-8-4-5-9-20(19)28-22/h3-16H,1-2H3;1-14H,(H,27,28)(H,29,31)/b15-14+;13-12+. The summed E-state index contributed by atoms with van der Waals surface area (Å²) in [6.45, 7) is 0. The van der Waals surface area contributed by atoms with Crippen LogP contribution in [-0.4, -0.2) is 40.6 Å². The number of carbonyl (C=O) groups excluding carboxylic acids is 2. The van der Waals surface area contributed by atoms with Crippen LogP contribution in [0.1, 0.15) is 32.4 Å². The lowest BCUT2D eigenvalue weighted by atomic mass is 9.93. The molecule has 6 aromatic carbocycles. The van der Waals surface area contributed by atoms with Gasteiger partial charge in [-0.05, 0) is 96.1 Å². The summed E-state index contributed by atoms with van der Waals surface area (Å²) in [5.74, 6) is 0.369. The van der Waals surface area contributed by atoms with Crippen molar-refractivity contribution in [3.8, 4) is 22.3 Å². The molecule has 0 aliphatic heterocycles. The van der Waals surface area contributed by atoms with E-state index in [0.717, 1.165) is 38.6 Å². The first-order valence-electron chi connectivity index (χ1n) is 20.2. The predicted octanol–water partition coefficient (Wildman–Crippen LogP) is 11.3. The fraction of sp³-hybridized carbons (Fsp3) is 0.0385. The van der Waals surface area contributed by atoms with E-state index >= 15 is 0 Å². The van der Waals surface area contributed by atoms with Crippen LogP contribution in [0.25, 0.3) is 78.3 Å². The molecule has 10 rings (SSSR count). The number of ketones is 2. The number of benzene rings is 6. The molecule has 0 fully saturated rings. The topological polar surface area (TPSA) is 136 Å². The van der Waals surface area contributed by atoms with E-state index in [0.29, 0.717) is 49.2 Å². The minimum absolute atomic E-state index is 0.0633. The van der Waals surface area contributed by atoms with Crippen LogP contribution >= 0.6 is 23.2 Å². The van der Waals surface area contributed by atoms with Gasteiger partial charge in [-0.15, -0.1) is 0 Å². The minimum Gasteiger partial charge on any atom is -0.338 e. The maximum Gasteiger partial charge on any atom is 0.262 e. The Balaban J connectivity index is 0.000000162. The van der Waals surface area contributed by atoms with E-state index < -0.39 is 11.3 Å². The second-order valence-corrected chi connectivity index (χ2v) is 15.8. The molecule has 0 radical (unpaired) electrons. The van der Waals surface area contributed by atoms with Crippen molar-refractivity contribution in [1.29, 1.82) is 0 Å². The largest absolute Gasteiger partial charge is 0.338 e. The number of aromatic amines is 2. The Morgan fingerprint density at radius 1 is 0.547 bits per heavy atom. The van der Waals surface area contributed by atoms with Crippen LogP contribution in [0, 0.1) is 0 Å². The SMILES string of the molecule is Cn1c(/C=C/C(=O)c2c(-c3ccccc3)c3cc(Cl)ccc3n(C)c2=O)nc2ccccc21.O=C(/C=C/c1nc2ccccc2[nH]1)c1c(-c2ccccc2)c2cc(Cl)ccc2[nH]c1=O. The van der Waals surface area contributed by atoms with Crippen LogP contribution in [0.5, 0.6) is 0 Å². The number of halogens is 2. The summed E-state index contributed by atoms with van der Waals surface area (Å²) >= 11 is 12.5. The molecule has 10 aromatic rings. The number of imidazole rings is 2. The predicted molar refractivity (Wildman–Crippen MR) is 258 cm³/mol. The lowest BCUT2D eigenvalue weighted by molar-refractivity contribution is 0.103. The van der Waals surface area contributed by atoms with Gasteiger partial charge in [-0.2, -0.15) is 0 Å². The van der Waals surface area contributed by atoms with Crippen molar-refractivity contribution in [3.63, 3.8) is 0 Å². The molecule has 0 saturated carbocycles. The van der Waals surface area contributed by atoms with Crippen molar-refractivity contribution >= 4 is 90.8 Å². The van der Waals surface area contributed by atoms with Gasteiger partial charge in [0.1, 0.15) is 11.6 Å². The van der Waals surface area contributed by atoms with Gasteiger partial charge >= 0.3 is 0 Å². The van der Waals surface area contributed by atoms with E-state index in [4.69, 9.17) is 23.2 Å². The van der Waals surface area contributed by atoms with Gasteiger partial charge in [0, 0.05) is 51.6 Å². The number of allylic oxidation sites excluding steroid dienone is 2. The normalized spacial score (nSPS) is 11.6. The maximum absolute atomic E-state index is 13.5. The number of H-pyrrole nitrogens is 2. The third-order valence-electron chi connectivity index (χ3n) is 11.0. The number of nitrogens with one attached hydrogen (secondary N) is 2. The Bertz CT molecular complexity index is 3610. The fourth-order valence-corrected chi connectivity index (χ4v) is 8.24. The molecule has 64 heavy (non-hydrogen) atoms. The van der Waals surface area contributed by atoms with Crippen LogP contribution in [0.3, 0.4) is 0 Å². The maximum atomic E-state index is 13.5. The van der Waals surface area contributed by atoms with Crippen molar-refractivity contribution < 1.29 is 9.59 Å². The number of para-hydroxylation sites is 4. The molecule has 2 N–H and O–H groups in total.